The molecule has 0 atom stereocenters. The van der Waals surface area contributed by atoms with Crippen molar-refractivity contribution in [2.24, 2.45) is 5.10 Å². The van der Waals surface area contributed by atoms with Crippen molar-refractivity contribution in [3.63, 3.8) is 0 Å². The Kier molecular flexibility index (Phi) is 5.47. The van der Waals surface area contributed by atoms with Crippen LogP contribution in [0.3, 0.4) is 0 Å². The first-order valence-corrected chi connectivity index (χ1v) is 10.1. The van der Waals surface area contributed by atoms with E-state index in [0.29, 0.717) is 0 Å². The molecule has 146 valence electrons. The minimum atomic E-state index is -2.83. The van der Waals surface area contributed by atoms with Gasteiger partial charge < -0.3 is 4.74 Å². The first kappa shape index (κ1) is 18.7. The van der Waals surface area contributed by atoms with E-state index in [1.807, 2.05) is 6.92 Å². The fraction of sp³-hybridized carbons (Fsp3) is 0.350. The van der Waals surface area contributed by atoms with Gasteiger partial charge in [0.15, 0.2) is 5.82 Å². The maximum Gasteiger partial charge on any atom is 0.387 e. The third-order valence-corrected chi connectivity index (χ3v) is 5.85. The van der Waals surface area contributed by atoms with Crippen LogP contribution in [0.4, 0.5) is 14.6 Å². The SMILES string of the molecule is CCc1nc(N/N=C\c2ccc(OC(F)F)cc2)c2c3c(sc2n1)CCCC3. The molecule has 0 bridgehead atoms. The number of hydrazone groups is 1. The van der Waals surface area contributed by atoms with Gasteiger partial charge in [0, 0.05) is 11.3 Å². The van der Waals surface area contributed by atoms with Gasteiger partial charge in [-0.05, 0) is 61.1 Å². The number of benzene rings is 1. The van der Waals surface area contributed by atoms with Gasteiger partial charge >= 0.3 is 6.61 Å². The smallest absolute Gasteiger partial charge is 0.387 e. The molecule has 3 aromatic rings. The lowest BCUT2D eigenvalue weighted by Gasteiger charge is -2.11. The second-order valence-corrected chi connectivity index (χ2v) is 7.63. The molecule has 0 aliphatic heterocycles. The molecule has 0 fully saturated rings. The molecule has 1 aliphatic rings. The largest absolute Gasteiger partial charge is 0.435 e. The predicted molar refractivity (Wildman–Crippen MR) is 108 cm³/mol. The molecular weight excluding hydrogens is 382 g/mol. The average Bonchev–Trinajstić information content (AvgIpc) is 3.07. The summed E-state index contributed by atoms with van der Waals surface area (Å²) in [6.45, 7) is -0.796. The number of nitrogens with zero attached hydrogens (tertiary/aromatic N) is 3. The Morgan fingerprint density at radius 1 is 1.21 bits per heavy atom. The van der Waals surface area contributed by atoms with Gasteiger partial charge in [-0.2, -0.15) is 13.9 Å². The molecule has 0 saturated carbocycles. The fourth-order valence-electron chi connectivity index (χ4n) is 3.34. The van der Waals surface area contributed by atoms with Crippen LogP contribution in [0, 0.1) is 0 Å². The third-order valence-electron chi connectivity index (χ3n) is 4.67. The highest BCUT2D eigenvalue weighted by molar-refractivity contribution is 7.19. The van der Waals surface area contributed by atoms with Gasteiger partial charge in [-0.1, -0.05) is 6.92 Å². The topological polar surface area (TPSA) is 59.4 Å². The van der Waals surface area contributed by atoms with Crippen LogP contribution in [-0.4, -0.2) is 22.8 Å². The summed E-state index contributed by atoms with van der Waals surface area (Å²) in [7, 11) is 0. The van der Waals surface area contributed by atoms with Gasteiger partial charge in [0.2, 0.25) is 0 Å². The van der Waals surface area contributed by atoms with E-state index in [0.717, 1.165) is 46.7 Å². The Balaban J connectivity index is 1.58. The van der Waals surface area contributed by atoms with Gasteiger partial charge in [0.1, 0.15) is 16.4 Å². The predicted octanol–water partition coefficient (Wildman–Crippen LogP) is 5.18. The van der Waals surface area contributed by atoms with Crippen LogP contribution in [0.5, 0.6) is 5.75 Å². The summed E-state index contributed by atoms with van der Waals surface area (Å²) in [5.74, 6) is 1.64. The number of hydrogen-bond donors (Lipinski definition) is 1. The minimum absolute atomic E-state index is 0.120. The number of fused-ring (bicyclic) bond motifs is 3. The lowest BCUT2D eigenvalue weighted by atomic mass is 9.97. The molecule has 28 heavy (non-hydrogen) atoms. The molecule has 2 heterocycles. The van der Waals surface area contributed by atoms with Crippen LogP contribution in [0.25, 0.3) is 10.2 Å². The molecule has 0 amide bonds. The van der Waals surface area contributed by atoms with Crippen molar-refractivity contribution >= 4 is 33.6 Å². The first-order valence-electron chi connectivity index (χ1n) is 9.29. The Labute approximate surface area is 165 Å². The Hall–Kier alpha value is -2.61. The molecule has 1 aromatic carbocycles. The lowest BCUT2D eigenvalue weighted by Crippen LogP contribution is -2.03. The van der Waals surface area contributed by atoms with Gasteiger partial charge in [0.25, 0.3) is 0 Å². The summed E-state index contributed by atoms with van der Waals surface area (Å²) in [5, 5.41) is 5.39. The van der Waals surface area contributed by atoms with Crippen LogP contribution in [0.1, 0.15) is 41.6 Å². The molecule has 5 nitrogen and oxygen atoms in total. The molecule has 0 unspecified atom stereocenters. The Bertz CT molecular complexity index is 1000. The number of thiophene rings is 1. The molecule has 0 saturated heterocycles. The van der Waals surface area contributed by atoms with Crippen molar-refractivity contribution in [3.05, 3.63) is 46.1 Å². The summed E-state index contributed by atoms with van der Waals surface area (Å²) in [4.78, 5) is 11.8. The number of alkyl halides is 2. The molecule has 0 spiro atoms. The van der Waals surface area contributed by atoms with Crippen molar-refractivity contribution in [1.82, 2.24) is 9.97 Å². The number of aromatic nitrogens is 2. The van der Waals surface area contributed by atoms with E-state index in [1.165, 1.54) is 35.4 Å². The molecule has 1 aliphatic carbocycles. The van der Waals surface area contributed by atoms with Crippen LogP contribution >= 0.6 is 11.3 Å². The molecule has 4 rings (SSSR count). The van der Waals surface area contributed by atoms with E-state index in [9.17, 15) is 8.78 Å². The zero-order valence-corrected chi connectivity index (χ0v) is 16.2. The van der Waals surface area contributed by atoms with Crippen LogP contribution in [-0.2, 0) is 19.3 Å². The quantitative estimate of drug-likeness (QED) is 0.456. The van der Waals surface area contributed by atoms with E-state index < -0.39 is 6.61 Å². The van der Waals surface area contributed by atoms with E-state index in [-0.39, 0.29) is 5.75 Å². The summed E-state index contributed by atoms with van der Waals surface area (Å²) < 4.78 is 28.8. The number of rotatable bonds is 6. The monoisotopic (exact) mass is 402 g/mol. The van der Waals surface area contributed by atoms with E-state index >= 15 is 0 Å². The third kappa shape index (κ3) is 3.96. The molecular formula is C20H20F2N4OS. The normalized spacial score (nSPS) is 14.0. The standard InChI is InChI=1S/C20H20F2N4OS/c1-2-16-24-18(17-14-5-3-4-6-15(14)28-19(17)25-16)26-23-11-12-7-9-13(10-8-12)27-20(21)22/h7-11,20H,2-6H2,1H3,(H,24,25,26)/b23-11-. The minimum Gasteiger partial charge on any atom is -0.435 e. The van der Waals surface area contributed by atoms with Gasteiger partial charge in [-0.25, -0.2) is 9.97 Å². The zero-order chi connectivity index (χ0) is 19.5. The maximum absolute atomic E-state index is 12.2. The summed E-state index contributed by atoms with van der Waals surface area (Å²) >= 11 is 1.76. The van der Waals surface area contributed by atoms with Crippen molar-refractivity contribution in [2.45, 2.75) is 45.6 Å². The molecule has 1 N–H and O–H groups in total. The van der Waals surface area contributed by atoms with Crippen molar-refractivity contribution in [3.8, 4) is 5.75 Å². The van der Waals surface area contributed by atoms with Crippen molar-refractivity contribution in [1.29, 1.82) is 0 Å². The second kappa shape index (κ2) is 8.18. The number of anilines is 1. The first-order chi connectivity index (χ1) is 13.6. The Morgan fingerprint density at radius 3 is 2.75 bits per heavy atom. The number of hydrogen-bond acceptors (Lipinski definition) is 6. The van der Waals surface area contributed by atoms with E-state index in [4.69, 9.17) is 4.98 Å². The Morgan fingerprint density at radius 2 is 2.00 bits per heavy atom. The van der Waals surface area contributed by atoms with Crippen LogP contribution in [0.15, 0.2) is 29.4 Å². The number of ether oxygens (including phenoxy) is 1. The number of halogens is 2. The van der Waals surface area contributed by atoms with Crippen LogP contribution < -0.4 is 10.2 Å². The summed E-state index contributed by atoms with van der Waals surface area (Å²) in [5.41, 5.74) is 5.18. The maximum atomic E-state index is 12.2. The number of nitrogens with one attached hydrogen (secondary N) is 1. The summed E-state index contributed by atoms with van der Waals surface area (Å²) in [6, 6.07) is 6.31. The molecule has 2 aromatic heterocycles. The van der Waals surface area contributed by atoms with Crippen molar-refractivity contribution < 1.29 is 13.5 Å². The fourth-order valence-corrected chi connectivity index (χ4v) is 4.62. The second-order valence-electron chi connectivity index (χ2n) is 6.55. The molecule has 8 heteroatoms. The lowest BCUT2D eigenvalue weighted by molar-refractivity contribution is -0.0498. The number of aryl methyl sites for hydroxylation is 3. The van der Waals surface area contributed by atoms with E-state index in [2.05, 4.69) is 20.2 Å². The van der Waals surface area contributed by atoms with Gasteiger partial charge in [0.05, 0.1) is 11.6 Å². The van der Waals surface area contributed by atoms with Gasteiger partial charge in [-0.15, -0.1) is 11.3 Å². The van der Waals surface area contributed by atoms with Crippen molar-refractivity contribution in [2.75, 3.05) is 5.43 Å². The highest BCUT2D eigenvalue weighted by Gasteiger charge is 2.20. The van der Waals surface area contributed by atoms with E-state index in [1.54, 1.807) is 29.7 Å². The molecule has 0 radical (unpaired) electrons. The van der Waals surface area contributed by atoms with Crippen LogP contribution in [0.2, 0.25) is 0 Å². The highest BCUT2D eigenvalue weighted by atomic mass is 32.1. The average molecular weight is 402 g/mol. The summed E-state index contributed by atoms with van der Waals surface area (Å²) in [6.07, 6.45) is 6.94. The van der Waals surface area contributed by atoms with Gasteiger partial charge in [-0.3, -0.25) is 5.43 Å². The zero-order valence-electron chi connectivity index (χ0n) is 15.4. The highest BCUT2D eigenvalue weighted by Crippen LogP contribution is 2.38.